The summed E-state index contributed by atoms with van der Waals surface area (Å²) in [7, 11) is 0. The van der Waals surface area contributed by atoms with Crippen molar-refractivity contribution in [3.8, 4) is 11.5 Å². The Morgan fingerprint density at radius 2 is 1.96 bits per heavy atom. The summed E-state index contributed by atoms with van der Waals surface area (Å²) in [5.41, 5.74) is 0.273. The van der Waals surface area contributed by atoms with Gasteiger partial charge in [0.05, 0.1) is 23.3 Å². The van der Waals surface area contributed by atoms with E-state index in [0.29, 0.717) is 17.9 Å². The summed E-state index contributed by atoms with van der Waals surface area (Å²) in [6.07, 6.45) is 1.99. The molecule has 2 rings (SSSR count). The fourth-order valence-corrected chi connectivity index (χ4v) is 2.31. The molecule has 3 N–H and O–H groups in total. The lowest BCUT2D eigenvalue weighted by Crippen LogP contribution is -2.34. The third-order valence-electron chi connectivity index (χ3n) is 3.55. The van der Waals surface area contributed by atoms with Crippen molar-refractivity contribution in [2.45, 2.75) is 19.8 Å². The number of nitrogens with one attached hydrogen (secondary N) is 2. The van der Waals surface area contributed by atoms with Crippen LogP contribution >= 0.6 is 12.2 Å². The zero-order chi connectivity index (χ0) is 19.8. The topological polar surface area (TPSA) is 114 Å². The molecule has 0 radical (unpaired) electrons. The van der Waals surface area contributed by atoms with Gasteiger partial charge in [-0.05, 0) is 49.0 Å². The van der Waals surface area contributed by atoms with E-state index >= 15 is 0 Å². The molecule has 0 aromatic heterocycles. The molecule has 0 aliphatic rings. The molecule has 1 amide bonds. The van der Waals surface area contributed by atoms with Gasteiger partial charge in [-0.1, -0.05) is 13.3 Å². The third-order valence-corrected chi connectivity index (χ3v) is 3.75. The second-order valence-corrected chi connectivity index (χ2v) is 6.00. The highest BCUT2D eigenvalue weighted by atomic mass is 32.1. The Morgan fingerprint density at radius 1 is 1.26 bits per heavy atom. The van der Waals surface area contributed by atoms with Crippen molar-refractivity contribution in [1.82, 2.24) is 5.32 Å². The number of anilines is 1. The lowest BCUT2D eigenvalue weighted by Gasteiger charge is -2.11. The summed E-state index contributed by atoms with van der Waals surface area (Å²) in [6, 6.07) is 10.1. The van der Waals surface area contributed by atoms with E-state index in [1.165, 1.54) is 12.1 Å². The van der Waals surface area contributed by atoms with Gasteiger partial charge in [-0.3, -0.25) is 20.2 Å². The monoisotopic (exact) mass is 389 g/mol. The van der Waals surface area contributed by atoms with Crippen LogP contribution < -0.4 is 15.4 Å². The summed E-state index contributed by atoms with van der Waals surface area (Å²) in [4.78, 5) is 22.3. The predicted molar refractivity (Wildman–Crippen MR) is 105 cm³/mol. The molecule has 9 heteroatoms. The van der Waals surface area contributed by atoms with Crippen molar-refractivity contribution in [3.05, 3.63) is 58.1 Å². The zero-order valence-electron chi connectivity index (χ0n) is 14.6. The summed E-state index contributed by atoms with van der Waals surface area (Å²) in [6.45, 7) is 2.69. The number of ether oxygens (including phenoxy) is 1. The van der Waals surface area contributed by atoms with Crippen LogP contribution in [0.5, 0.6) is 11.5 Å². The minimum Gasteiger partial charge on any atom is -0.506 e. The molecule has 27 heavy (non-hydrogen) atoms. The van der Waals surface area contributed by atoms with Crippen molar-refractivity contribution in [2.24, 2.45) is 0 Å². The number of benzene rings is 2. The minimum absolute atomic E-state index is 0.0487. The average molecular weight is 389 g/mol. The van der Waals surface area contributed by atoms with Gasteiger partial charge in [-0.25, -0.2) is 0 Å². The van der Waals surface area contributed by atoms with Crippen molar-refractivity contribution in [2.75, 3.05) is 11.9 Å². The number of phenolic OH excluding ortho intramolecular Hbond substituents is 1. The minimum atomic E-state index is -0.626. The Labute approximate surface area is 161 Å². The van der Waals surface area contributed by atoms with Gasteiger partial charge in [0, 0.05) is 11.6 Å². The Balaban J connectivity index is 1.93. The summed E-state index contributed by atoms with van der Waals surface area (Å²) >= 11 is 5.04. The maximum atomic E-state index is 12.2. The van der Waals surface area contributed by atoms with E-state index in [1.807, 2.05) is 0 Å². The number of non-ortho nitro benzene ring substituents is 1. The Morgan fingerprint density at radius 3 is 2.56 bits per heavy atom. The lowest BCUT2D eigenvalue weighted by molar-refractivity contribution is -0.384. The lowest BCUT2D eigenvalue weighted by atomic mass is 10.2. The maximum Gasteiger partial charge on any atom is 0.273 e. The normalized spacial score (nSPS) is 10.1. The number of carbonyl (C=O) groups excluding carboxylic acids is 1. The van der Waals surface area contributed by atoms with E-state index in [1.54, 1.807) is 24.3 Å². The van der Waals surface area contributed by atoms with Crippen LogP contribution in [0, 0.1) is 10.1 Å². The van der Waals surface area contributed by atoms with Crippen LogP contribution in [0.2, 0.25) is 0 Å². The Kier molecular flexibility index (Phi) is 7.07. The second kappa shape index (κ2) is 9.48. The van der Waals surface area contributed by atoms with E-state index < -0.39 is 10.8 Å². The van der Waals surface area contributed by atoms with E-state index in [4.69, 9.17) is 17.0 Å². The summed E-state index contributed by atoms with van der Waals surface area (Å²) in [5.74, 6) is -0.111. The van der Waals surface area contributed by atoms with Crippen LogP contribution in [0.15, 0.2) is 42.5 Å². The third kappa shape index (κ3) is 5.93. The van der Waals surface area contributed by atoms with Gasteiger partial charge in [0.2, 0.25) is 0 Å². The molecule has 2 aromatic carbocycles. The second-order valence-electron chi connectivity index (χ2n) is 5.59. The molecule has 0 unspecified atom stereocenters. The molecule has 0 spiro atoms. The van der Waals surface area contributed by atoms with Crippen LogP contribution in [0.4, 0.5) is 11.4 Å². The number of aromatic hydroxyl groups is 1. The Bertz CT molecular complexity index is 839. The molecule has 0 bridgehead atoms. The maximum absolute atomic E-state index is 12.2. The quantitative estimate of drug-likeness (QED) is 0.218. The molecule has 0 saturated heterocycles. The largest absolute Gasteiger partial charge is 0.506 e. The molecule has 142 valence electrons. The van der Waals surface area contributed by atoms with Gasteiger partial charge in [0.15, 0.2) is 5.11 Å². The first-order valence-electron chi connectivity index (χ1n) is 8.23. The van der Waals surface area contributed by atoms with E-state index in [-0.39, 0.29) is 22.2 Å². The number of amides is 1. The summed E-state index contributed by atoms with van der Waals surface area (Å²) < 4.78 is 5.54. The van der Waals surface area contributed by atoms with E-state index in [9.17, 15) is 20.0 Å². The van der Waals surface area contributed by atoms with Crippen LogP contribution in [0.1, 0.15) is 30.1 Å². The van der Waals surface area contributed by atoms with Crippen LogP contribution in [0.3, 0.4) is 0 Å². The molecule has 0 aliphatic heterocycles. The number of hydrogen-bond acceptors (Lipinski definition) is 6. The molecule has 0 heterocycles. The van der Waals surface area contributed by atoms with E-state index in [2.05, 4.69) is 17.6 Å². The van der Waals surface area contributed by atoms with Crippen molar-refractivity contribution in [3.63, 3.8) is 0 Å². The van der Waals surface area contributed by atoms with Crippen LogP contribution in [0.25, 0.3) is 0 Å². The number of phenols is 1. The highest BCUT2D eigenvalue weighted by molar-refractivity contribution is 7.80. The van der Waals surface area contributed by atoms with Crippen LogP contribution in [-0.2, 0) is 0 Å². The standard InChI is InChI=1S/C18H19N3O5S/c1-2-3-10-26-14-7-4-12(5-8-14)17(23)20-18(27)19-15-9-6-13(21(24)25)11-16(15)22/h4-9,11,22H,2-3,10H2,1H3,(H2,19,20,23,27). The van der Waals surface area contributed by atoms with Gasteiger partial charge in [0.25, 0.3) is 11.6 Å². The first-order chi connectivity index (χ1) is 12.9. The molecule has 2 aromatic rings. The molecular weight excluding hydrogens is 370 g/mol. The highest BCUT2D eigenvalue weighted by Gasteiger charge is 2.13. The molecule has 0 saturated carbocycles. The first-order valence-corrected chi connectivity index (χ1v) is 8.64. The number of nitro groups is 1. The number of rotatable bonds is 7. The van der Waals surface area contributed by atoms with Gasteiger partial charge in [0.1, 0.15) is 11.5 Å². The number of thiocarbonyl (C=S) groups is 1. The highest BCUT2D eigenvalue weighted by Crippen LogP contribution is 2.27. The Hall–Kier alpha value is -3.20. The smallest absolute Gasteiger partial charge is 0.273 e. The molecule has 8 nitrogen and oxygen atoms in total. The van der Waals surface area contributed by atoms with Gasteiger partial charge in [-0.15, -0.1) is 0 Å². The molecule has 0 aliphatic carbocycles. The number of nitro benzene ring substituents is 1. The SMILES string of the molecule is CCCCOc1ccc(C(=O)NC(=S)Nc2ccc([N+](=O)[O-])cc2O)cc1. The number of nitrogens with zero attached hydrogens (tertiary/aromatic N) is 1. The fraction of sp³-hybridized carbons (Fsp3) is 0.222. The summed E-state index contributed by atoms with van der Waals surface area (Å²) in [5, 5.41) is 25.5. The van der Waals surface area contributed by atoms with Gasteiger partial charge >= 0.3 is 0 Å². The van der Waals surface area contributed by atoms with E-state index in [0.717, 1.165) is 18.9 Å². The number of unbranched alkanes of at least 4 members (excludes halogenated alkanes) is 1. The average Bonchev–Trinajstić information content (AvgIpc) is 2.64. The zero-order valence-corrected chi connectivity index (χ0v) is 15.4. The number of hydrogen-bond donors (Lipinski definition) is 3. The van der Waals surface area contributed by atoms with Crippen LogP contribution in [-0.4, -0.2) is 27.7 Å². The molecule has 0 fully saturated rings. The van der Waals surface area contributed by atoms with Gasteiger partial charge in [-0.2, -0.15) is 0 Å². The van der Waals surface area contributed by atoms with Crippen molar-refractivity contribution < 1.29 is 19.6 Å². The molecular formula is C18H19N3O5S. The fourth-order valence-electron chi connectivity index (χ4n) is 2.11. The molecule has 0 atom stereocenters. The van der Waals surface area contributed by atoms with Crippen molar-refractivity contribution in [1.29, 1.82) is 0 Å². The van der Waals surface area contributed by atoms with Crippen molar-refractivity contribution >= 4 is 34.6 Å². The number of carbonyl (C=O) groups is 1. The van der Waals surface area contributed by atoms with Gasteiger partial charge < -0.3 is 15.2 Å². The predicted octanol–water partition coefficient (Wildman–Crippen LogP) is 3.61. The first kappa shape index (κ1) is 20.1.